The van der Waals surface area contributed by atoms with E-state index in [1.165, 1.54) is 6.42 Å². The Labute approximate surface area is 226 Å². The van der Waals surface area contributed by atoms with Crippen molar-refractivity contribution in [2.45, 2.75) is 116 Å². The molecule has 206 valence electrons. The maximum absolute atomic E-state index is 14.2. The van der Waals surface area contributed by atoms with Crippen LogP contribution in [0, 0.1) is 13.8 Å². The van der Waals surface area contributed by atoms with Gasteiger partial charge in [0, 0.05) is 12.1 Å². The number of carbonyl (C=O) groups excluding carboxylic acids is 3. The molecule has 2 aliphatic carbocycles. The van der Waals surface area contributed by atoms with Crippen LogP contribution in [0.25, 0.3) is 0 Å². The molecule has 2 fully saturated rings. The van der Waals surface area contributed by atoms with Gasteiger partial charge < -0.3 is 20.3 Å². The van der Waals surface area contributed by atoms with Crippen LogP contribution < -0.4 is 10.6 Å². The molecule has 2 N–H and O–H groups in total. The zero-order chi connectivity index (χ0) is 27.2. The highest BCUT2D eigenvalue weighted by Gasteiger charge is 2.44. The van der Waals surface area contributed by atoms with Gasteiger partial charge in [-0.3, -0.25) is 9.59 Å². The average molecular weight is 532 g/mol. The molecule has 3 amide bonds. The van der Waals surface area contributed by atoms with Crippen molar-refractivity contribution < 1.29 is 19.1 Å². The van der Waals surface area contributed by atoms with Gasteiger partial charge in [-0.2, -0.15) is 11.8 Å². The monoisotopic (exact) mass is 531 g/mol. The quantitative estimate of drug-likeness (QED) is 0.420. The summed E-state index contributed by atoms with van der Waals surface area (Å²) in [4.78, 5) is 42.6. The molecule has 37 heavy (non-hydrogen) atoms. The fraction of sp³-hybridized carbons (Fsp3) is 0.690. The number of carbonyl (C=O) groups is 3. The number of rotatable bonds is 10. The lowest BCUT2D eigenvalue weighted by Gasteiger charge is -2.36. The molecule has 8 heteroatoms. The van der Waals surface area contributed by atoms with Crippen molar-refractivity contribution in [1.82, 2.24) is 15.5 Å². The van der Waals surface area contributed by atoms with Crippen molar-refractivity contribution in [3.05, 3.63) is 34.9 Å². The van der Waals surface area contributed by atoms with E-state index in [0.717, 1.165) is 55.2 Å². The van der Waals surface area contributed by atoms with Crippen LogP contribution in [-0.2, 0) is 14.3 Å². The van der Waals surface area contributed by atoms with Gasteiger partial charge in [0.25, 0.3) is 0 Å². The van der Waals surface area contributed by atoms with Gasteiger partial charge in [-0.25, -0.2) is 4.79 Å². The third kappa shape index (κ3) is 8.39. The second-order valence-electron chi connectivity index (χ2n) is 11.5. The molecule has 0 radical (unpaired) electrons. The lowest BCUT2D eigenvalue weighted by atomic mass is 9.92. The molecule has 3 rings (SSSR count). The van der Waals surface area contributed by atoms with Gasteiger partial charge >= 0.3 is 6.09 Å². The summed E-state index contributed by atoms with van der Waals surface area (Å²) < 4.78 is 5.48. The third-order valence-electron chi connectivity index (χ3n) is 7.21. The Morgan fingerprint density at radius 1 is 1.08 bits per heavy atom. The first-order chi connectivity index (χ1) is 17.5. The molecule has 1 aromatic carbocycles. The molecule has 2 aliphatic rings. The first-order valence-electron chi connectivity index (χ1n) is 13.7. The van der Waals surface area contributed by atoms with Crippen LogP contribution in [0.4, 0.5) is 4.79 Å². The topological polar surface area (TPSA) is 87.7 Å². The van der Waals surface area contributed by atoms with Crippen LogP contribution in [0.1, 0.15) is 94.9 Å². The Balaban J connectivity index is 1.96. The van der Waals surface area contributed by atoms with E-state index in [0.29, 0.717) is 12.2 Å². The summed E-state index contributed by atoms with van der Waals surface area (Å²) in [6.07, 6.45) is 8.90. The second-order valence-corrected chi connectivity index (χ2v) is 12.5. The smallest absolute Gasteiger partial charge is 0.408 e. The van der Waals surface area contributed by atoms with Gasteiger partial charge in [0.1, 0.15) is 17.7 Å². The lowest BCUT2D eigenvalue weighted by molar-refractivity contribution is -0.143. The van der Waals surface area contributed by atoms with Crippen molar-refractivity contribution in [3.8, 4) is 0 Å². The summed E-state index contributed by atoms with van der Waals surface area (Å²) in [6.45, 7) is 9.45. The summed E-state index contributed by atoms with van der Waals surface area (Å²) in [5.74, 6) is 0.362. The Bertz CT molecular complexity index is 951. The fourth-order valence-electron chi connectivity index (χ4n) is 5.01. The number of alkyl carbamates (subject to hydrolysis) is 1. The van der Waals surface area contributed by atoms with E-state index in [9.17, 15) is 14.4 Å². The standard InChI is InChI=1S/C29H45N3O4S/c1-19-11-10-14-23(20(19)2)25(26(33)30-21-12-8-7-9-13-21)32(22-15-16-22)27(34)24(17-18-37-6)31-28(35)36-29(3,4)5/h10-11,14,21-22,24-25H,7-9,12-13,15-18H2,1-6H3,(H,30,33)(H,31,35). The Kier molecular flexibility index (Phi) is 10.3. The molecule has 0 aliphatic heterocycles. The minimum atomic E-state index is -0.766. The highest BCUT2D eigenvalue weighted by atomic mass is 32.2. The van der Waals surface area contributed by atoms with Crippen LogP contribution in [0.2, 0.25) is 0 Å². The van der Waals surface area contributed by atoms with E-state index >= 15 is 0 Å². The van der Waals surface area contributed by atoms with Crippen LogP contribution in [-0.4, -0.2) is 58.5 Å². The predicted octanol–water partition coefficient (Wildman–Crippen LogP) is 5.43. The zero-order valence-electron chi connectivity index (χ0n) is 23.4. The first kappa shape index (κ1) is 29.3. The molecule has 0 saturated heterocycles. The summed E-state index contributed by atoms with van der Waals surface area (Å²) in [6, 6.07) is 4.57. The predicted molar refractivity (Wildman–Crippen MR) is 150 cm³/mol. The average Bonchev–Trinajstić information content (AvgIpc) is 3.66. The van der Waals surface area contributed by atoms with E-state index in [2.05, 4.69) is 10.6 Å². The lowest BCUT2D eigenvalue weighted by Crippen LogP contribution is -2.54. The number of hydrogen-bond donors (Lipinski definition) is 2. The molecular formula is C29H45N3O4S. The first-order valence-corrected chi connectivity index (χ1v) is 15.1. The third-order valence-corrected chi connectivity index (χ3v) is 7.86. The minimum absolute atomic E-state index is 0.0215. The van der Waals surface area contributed by atoms with Gasteiger partial charge in [-0.1, -0.05) is 37.5 Å². The van der Waals surface area contributed by atoms with Gasteiger partial charge in [-0.15, -0.1) is 0 Å². The van der Waals surface area contributed by atoms with Crippen LogP contribution >= 0.6 is 11.8 Å². The van der Waals surface area contributed by atoms with E-state index in [-0.39, 0.29) is 23.9 Å². The highest BCUT2D eigenvalue weighted by Crippen LogP contribution is 2.37. The summed E-state index contributed by atoms with van der Waals surface area (Å²) >= 11 is 1.62. The number of ether oxygens (including phenoxy) is 1. The normalized spacial score (nSPS) is 18.0. The van der Waals surface area contributed by atoms with E-state index in [1.807, 2.05) is 38.3 Å². The maximum Gasteiger partial charge on any atom is 0.408 e. The van der Waals surface area contributed by atoms with Crippen molar-refractivity contribution in [2.75, 3.05) is 12.0 Å². The minimum Gasteiger partial charge on any atom is -0.444 e. The Morgan fingerprint density at radius 3 is 2.35 bits per heavy atom. The SMILES string of the molecule is CSCCC(NC(=O)OC(C)(C)C)C(=O)N(C1CC1)C(C(=O)NC1CCCCC1)c1cccc(C)c1C. The zero-order valence-corrected chi connectivity index (χ0v) is 24.2. The number of amides is 3. The fourth-order valence-corrected chi connectivity index (χ4v) is 5.48. The number of benzene rings is 1. The van der Waals surface area contributed by atoms with Gasteiger partial charge in [0.05, 0.1) is 0 Å². The van der Waals surface area contributed by atoms with Crippen molar-refractivity contribution in [3.63, 3.8) is 0 Å². The molecular weight excluding hydrogens is 486 g/mol. The number of hydrogen-bond acceptors (Lipinski definition) is 5. The molecule has 2 saturated carbocycles. The molecule has 0 heterocycles. The number of thioether (sulfide) groups is 1. The van der Waals surface area contributed by atoms with Gasteiger partial charge in [0.2, 0.25) is 11.8 Å². The van der Waals surface area contributed by atoms with Crippen molar-refractivity contribution in [1.29, 1.82) is 0 Å². The maximum atomic E-state index is 14.2. The summed E-state index contributed by atoms with van der Waals surface area (Å²) in [5, 5.41) is 6.11. The van der Waals surface area contributed by atoms with E-state index in [1.54, 1.807) is 37.4 Å². The van der Waals surface area contributed by atoms with Gasteiger partial charge in [-0.05, 0) is 95.4 Å². The summed E-state index contributed by atoms with van der Waals surface area (Å²) in [5.41, 5.74) is 2.29. The van der Waals surface area contributed by atoms with Crippen molar-refractivity contribution >= 4 is 29.7 Å². The van der Waals surface area contributed by atoms with Crippen LogP contribution in [0.15, 0.2) is 18.2 Å². The Hall–Kier alpha value is -2.22. The van der Waals surface area contributed by atoms with Crippen LogP contribution in [0.5, 0.6) is 0 Å². The summed E-state index contributed by atoms with van der Waals surface area (Å²) in [7, 11) is 0. The second kappa shape index (κ2) is 13.0. The Morgan fingerprint density at radius 2 is 1.76 bits per heavy atom. The molecule has 0 spiro atoms. The van der Waals surface area contributed by atoms with Crippen molar-refractivity contribution in [2.24, 2.45) is 0 Å². The van der Waals surface area contributed by atoms with E-state index < -0.39 is 23.8 Å². The van der Waals surface area contributed by atoms with Gasteiger partial charge in [0.15, 0.2) is 0 Å². The number of nitrogens with zero attached hydrogens (tertiary/aromatic N) is 1. The molecule has 1 aromatic rings. The highest BCUT2D eigenvalue weighted by molar-refractivity contribution is 7.98. The number of nitrogens with one attached hydrogen (secondary N) is 2. The number of aryl methyl sites for hydroxylation is 1. The molecule has 7 nitrogen and oxygen atoms in total. The molecule has 2 unspecified atom stereocenters. The molecule has 2 atom stereocenters. The molecule has 0 bridgehead atoms. The molecule has 0 aromatic heterocycles. The largest absolute Gasteiger partial charge is 0.444 e. The van der Waals surface area contributed by atoms with E-state index in [4.69, 9.17) is 4.74 Å². The van der Waals surface area contributed by atoms with Crippen LogP contribution in [0.3, 0.4) is 0 Å².